The molecule has 0 atom stereocenters. The van der Waals surface area contributed by atoms with Gasteiger partial charge in [-0.25, -0.2) is 4.98 Å². The minimum atomic E-state index is -0.242. The Hall–Kier alpha value is -2.37. The van der Waals surface area contributed by atoms with E-state index in [1.54, 1.807) is 31.3 Å². The molecule has 124 valence electrons. The summed E-state index contributed by atoms with van der Waals surface area (Å²) in [4.78, 5) is 30.7. The molecular formula is C17H24N4O2. The van der Waals surface area contributed by atoms with E-state index in [0.29, 0.717) is 6.54 Å². The number of pyridine rings is 1. The summed E-state index contributed by atoms with van der Waals surface area (Å²) in [6.45, 7) is 4.37. The van der Waals surface area contributed by atoms with Crippen molar-refractivity contribution in [2.75, 3.05) is 13.6 Å². The Morgan fingerprint density at radius 2 is 2.00 bits per heavy atom. The second-order valence-electron chi connectivity index (χ2n) is 5.98. The number of carbonyl (C=O) groups is 1. The highest BCUT2D eigenvalue weighted by Crippen LogP contribution is 2.08. The molecule has 6 heteroatoms. The summed E-state index contributed by atoms with van der Waals surface area (Å²) in [6.07, 6.45) is 5.27. The number of hydrogen-bond donors (Lipinski definition) is 0. The molecule has 0 saturated carbocycles. The van der Waals surface area contributed by atoms with Crippen LogP contribution in [0, 0.1) is 13.8 Å². The number of carbonyl (C=O) groups excluding carboxylic acids is 1. The standard InChI is InChI=1S/C17H24N4O2/c1-12-11-14(17(23)21(5)13(12)2)16(22)20(4)9-6-7-15-18-8-10-19(15)3/h8,10-11H,6-7,9H2,1-5H3. The quantitative estimate of drug-likeness (QED) is 0.838. The molecule has 1 amide bonds. The van der Waals surface area contributed by atoms with Crippen LogP contribution >= 0.6 is 0 Å². The molecule has 0 radical (unpaired) electrons. The molecular weight excluding hydrogens is 292 g/mol. The highest BCUT2D eigenvalue weighted by molar-refractivity contribution is 5.93. The average molecular weight is 316 g/mol. The number of amides is 1. The first-order valence-corrected chi connectivity index (χ1v) is 7.71. The fourth-order valence-corrected chi connectivity index (χ4v) is 2.55. The Morgan fingerprint density at radius 3 is 2.61 bits per heavy atom. The van der Waals surface area contributed by atoms with Crippen LogP contribution in [0.5, 0.6) is 0 Å². The minimum absolute atomic E-state index is 0.228. The van der Waals surface area contributed by atoms with Gasteiger partial charge in [0.05, 0.1) is 0 Å². The van der Waals surface area contributed by atoms with Gasteiger partial charge in [0.2, 0.25) is 0 Å². The Kier molecular flexibility index (Phi) is 5.03. The number of hydrogen-bond acceptors (Lipinski definition) is 3. The van der Waals surface area contributed by atoms with E-state index in [0.717, 1.165) is 29.9 Å². The first-order chi connectivity index (χ1) is 10.8. The lowest BCUT2D eigenvalue weighted by Crippen LogP contribution is -2.35. The number of imidazole rings is 1. The molecule has 0 aliphatic carbocycles. The molecule has 2 aromatic heterocycles. The monoisotopic (exact) mass is 316 g/mol. The predicted molar refractivity (Wildman–Crippen MR) is 89.6 cm³/mol. The van der Waals surface area contributed by atoms with Gasteiger partial charge < -0.3 is 14.0 Å². The Balaban J connectivity index is 2.06. The van der Waals surface area contributed by atoms with E-state index < -0.39 is 0 Å². The summed E-state index contributed by atoms with van der Waals surface area (Å²) in [7, 11) is 5.38. The van der Waals surface area contributed by atoms with Crippen LogP contribution in [0.4, 0.5) is 0 Å². The first-order valence-electron chi connectivity index (χ1n) is 7.71. The Morgan fingerprint density at radius 1 is 1.30 bits per heavy atom. The maximum absolute atomic E-state index is 12.5. The van der Waals surface area contributed by atoms with Crippen molar-refractivity contribution in [1.29, 1.82) is 0 Å². The van der Waals surface area contributed by atoms with Crippen molar-refractivity contribution in [2.24, 2.45) is 14.1 Å². The normalized spacial score (nSPS) is 10.8. The van der Waals surface area contributed by atoms with E-state index in [1.165, 1.54) is 4.57 Å². The van der Waals surface area contributed by atoms with Crippen LogP contribution in [0.25, 0.3) is 0 Å². The van der Waals surface area contributed by atoms with Gasteiger partial charge >= 0.3 is 0 Å². The molecule has 0 N–H and O–H groups in total. The summed E-state index contributed by atoms with van der Waals surface area (Å²) in [5.74, 6) is 0.765. The number of aryl methyl sites for hydroxylation is 3. The highest BCUT2D eigenvalue weighted by atomic mass is 16.2. The molecule has 2 rings (SSSR count). The van der Waals surface area contributed by atoms with E-state index in [1.807, 2.05) is 31.7 Å². The van der Waals surface area contributed by atoms with Gasteiger partial charge in [0, 0.05) is 52.2 Å². The third kappa shape index (κ3) is 3.52. The van der Waals surface area contributed by atoms with Gasteiger partial charge in [0.25, 0.3) is 11.5 Å². The molecule has 2 heterocycles. The van der Waals surface area contributed by atoms with Crippen LogP contribution in [0.3, 0.4) is 0 Å². The Labute approximate surface area is 136 Å². The van der Waals surface area contributed by atoms with Gasteiger partial charge in [-0.05, 0) is 31.9 Å². The number of nitrogens with zero attached hydrogens (tertiary/aromatic N) is 4. The lowest BCUT2D eigenvalue weighted by molar-refractivity contribution is 0.0791. The number of rotatable bonds is 5. The zero-order valence-electron chi connectivity index (χ0n) is 14.5. The SMILES string of the molecule is Cc1cc(C(=O)N(C)CCCc2nccn2C)c(=O)n(C)c1C. The molecule has 0 saturated heterocycles. The van der Waals surface area contributed by atoms with Gasteiger partial charge in [-0.2, -0.15) is 0 Å². The smallest absolute Gasteiger partial charge is 0.263 e. The van der Waals surface area contributed by atoms with Crippen molar-refractivity contribution < 1.29 is 4.79 Å². The third-order valence-corrected chi connectivity index (χ3v) is 4.36. The van der Waals surface area contributed by atoms with Gasteiger partial charge in [0.15, 0.2) is 0 Å². The van der Waals surface area contributed by atoms with Crippen LogP contribution in [0.15, 0.2) is 23.3 Å². The zero-order chi connectivity index (χ0) is 17.1. The molecule has 0 unspecified atom stereocenters. The van der Waals surface area contributed by atoms with E-state index in [4.69, 9.17) is 0 Å². The van der Waals surface area contributed by atoms with Crippen LogP contribution in [-0.2, 0) is 20.5 Å². The molecule has 0 bridgehead atoms. The summed E-state index contributed by atoms with van der Waals surface area (Å²) < 4.78 is 3.51. The molecule has 0 fully saturated rings. The lowest BCUT2D eigenvalue weighted by Gasteiger charge is -2.18. The van der Waals surface area contributed by atoms with E-state index in [-0.39, 0.29) is 17.0 Å². The second-order valence-corrected chi connectivity index (χ2v) is 5.98. The van der Waals surface area contributed by atoms with Gasteiger partial charge in [-0.15, -0.1) is 0 Å². The molecule has 0 aromatic carbocycles. The molecule has 2 aromatic rings. The van der Waals surface area contributed by atoms with Gasteiger partial charge in [-0.1, -0.05) is 0 Å². The molecule has 23 heavy (non-hydrogen) atoms. The Bertz CT molecular complexity index is 773. The summed E-state index contributed by atoms with van der Waals surface area (Å²) >= 11 is 0. The maximum Gasteiger partial charge on any atom is 0.263 e. The van der Waals surface area contributed by atoms with Crippen LogP contribution in [0.2, 0.25) is 0 Å². The summed E-state index contributed by atoms with van der Waals surface area (Å²) in [5.41, 5.74) is 1.81. The van der Waals surface area contributed by atoms with Crippen LogP contribution in [0.1, 0.15) is 33.9 Å². The third-order valence-electron chi connectivity index (χ3n) is 4.36. The van der Waals surface area contributed by atoms with E-state index in [2.05, 4.69) is 4.98 Å². The highest BCUT2D eigenvalue weighted by Gasteiger charge is 2.18. The van der Waals surface area contributed by atoms with E-state index >= 15 is 0 Å². The fraction of sp³-hybridized carbons (Fsp3) is 0.471. The first kappa shape index (κ1) is 17.0. The minimum Gasteiger partial charge on any atom is -0.342 e. The van der Waals surface area contributed by atoms with E-state index in [9.17, 15) is 9.59 Å². The average Bonchev–Trinajstić information content (AvgIpc) is 2.93. The predicted octanol–water partition coefficient (Wildman–Crippen LogP) is 1.44. The fourth-order valence-electron chi connectivity index (χ4n) is 2.55. The molecule has 0 aliphatic heterocycles. The molecule has 0 aliphatic rings. The lowest BCUT2D eigenvalue weighted by atomic mass is 10.1. The van der Waals surface area contributed by atoms with Gasteiger partial charge in [0.1, 0.15) is 11.4 Å². The van der Waals surface area contributed by atoms with Crippen molar-refractivity contribution in [2.45, 2.75) is 26.7 Å². The molecule has 6 nitrogen and oxygen atoms in total. The molecule has 0 spiro atoms. The topological polar surface area (TPSA) is 60.1 Å². The largest absolute Gasteiger partial charge is 0.342 e. The van der Waals surface area contributed by atoms with Crippen molar-refractivity contribution in [3.63, 3.8) is 0 Å². The maximum atomic E-state index is 12.5. The van der Waals surface area contributed by atoms with Gasteiger partial charge in [-0.3, -0.25) is 9.59 Å². The van der Waals surface area contributed by atoms with Crippen LogP contribution < -0.4 is 5.56 Å². The van der Waals surface area contributed by atoms with Crippen molar-refractivity contribution >= 4 is 5.91 Å². The summed E-state index contributed by atoms with van der Waals surface area (Å²) in [6, 6.07) is 1.69. The number of aromatic nitrogens is 3. The van der Waals surface area contributed by atoms with Crippen molar-refractivity contribution in [3.05, 3.63) is 51.5 Å². The van der Waals surface area contributed by atoms with Crippen molar-refractivity contribution in [3.8, 4) is 0 Å². The summed E-state index contributed by atoms with van der Waals surface area (Å²) in [5, 5.41) is 0. The second kappa shape index (κ2) is 6.81. The van der Waals surface area contributed by atoms with Crippen molar-refractivity contribution in [1.82, 2.24) is 19.0 Å². The zero-order valence-corrected chi connectivity index (χ0v) is 14.5. The van der Waals surface area contributed by atoms with Crippen LogP contribution in [-0.4, -0.2) is 38.5 Å².